The fourth-order valence-corrected chi connectivity index (χ4v) is 15.1. The first-order valence-corrected chi connectivity index (χ1v) is 29.9. The Morgan fingerprint density at radius 3 is 0.724 bits per heavy atom. The van der Waals surface area contributed by atoms with E-state index in [9.17, 15) is 0 Å². The summed E-state index contributed by atoms with van der Waals surface area (Å²) >= 11 is 0. The van der Waals surface area contributed by atoms with E-state index in [2.05, 4.69) is 192 Å². The third kappa shape index (κ3) is 8.94. The van der Waals surface area contributed by atoms with Crippen LogP contribution in [-0.2, 0) is 0 Å². The van der Waals surface area contributed by atoms with Crippen molar-refractivity contribution in [2.24, 2.45) is 0 Å². The minimum absolute atomic E-state index is 0.675. The third-order valence-corrected chi connectivity index (χ3v) is 19.2. The molecule has 0 heterocycles. The number of nitrogens with zero attached hydrogens (tertiary/aromatic N) is 2. The van der Waals surface area contributed by atoms with E-state index < -0.39 is 0 Å². The van der Waals surface area contributed by atoms with Crippen LogP contribution < -0.4 is 9.80 Å². The summed E-state index contributed by atoms with van der Waals surface area (Å²) in [5, 5.41) is 13.1. The van der Waals surface area contributed by atoms with Gasteiger partial charge in [-0.2, -0.15) is 0 Å². The molecule has 0 aromatic heterocycles. The van der Waals surface area contributed by atoms with Crippen LogP contribution >= 0.6 is 0 Å². The number of hydrogen-bond donors (Lipinski definition) is 0. The average molecular weight is 991 g/mol. The number of rotatable bonds is 10. The van der Waals surface area contributed by atoms with Gasteiger partial charge in [-0.05, 0) is 224 Å². The Morgan fingerprint density at radius 2 is 0.447 bits per heavy atom. The summed E-state index contributed by atoms with van der Waals surface area (Å²) in [7, 11) is 0. The highest BCUT2D eigenvalue weighted by molar-refractivity contribution is 6.39. The Hall–Kier alpha value is -6.90. The van der Waals surface area contributed by atoms with Gasteiger partial charge in [0.2, 0.25) is 0 Å². The summed E-state index contributed by atoms with van der Waals surface area (Å²) in [5.74, 6) is 2.70. The molecule has 0 radical (unpaired) electrons. The quantitative estimate of drug-likeness (QED) is 0.126. The highest BCUT2D eigenvalue weighted by atomic mass is 15.1. The van der Waals surface area contributed by atoms with Crippen molar-refractivity contribution >= 4 is 88.0 Å². The predicted octanol–water partition coefficient (Wildman–Crippen LogP) is 22.6. The number of anilines is 6. The maximum atomic E-state index is 2.52. The van der Waals surface area contributed by atoms with Gasteiger partial charge < -0.3 is 9.80 Å². The summed E-state index contributed by atoms with van der Waals surface area (Å²) in [6, 6.07) is 71.8. The van der Waals surface area contributed by atoms with E-state index in [0.29, 0.717) is 23.7 Å². The molecule has 76 heavy (non-hydrogen) atoms. The van der Waals surface area contributed by atoms with E-state index in [4.69, 9.17) is 0 Å². The van der Waals surface area contributed by atoms with Crippen LogP contribution in [0.3, 0.4) is 0 Å². The molecule has 0 bridgehead atoms. The van der Waals surface area contributed by atoms with Crippen LogP contribution in [-0.4, -0.2) is 0 Å². The fourth-order valence-electron chi connectivity index (χ4n) is 15.1. The van der Waals surface area contributed by atoms with Gasteiger partial charge in [0.05, 0.1) is 0 Å². The van der Waals surface area contributed by atoms with Crippen LogP contribution in [0.25, 0.3) is 53.9 Å². The lowest BCUT2D eigenvalue weighted by Crippen LogP contribution is -2.11. The lowest BCUT2D eigenvalue weighted by atomic mass is 9.84. The number of fused-ring (bicyclic) bond motifs is 11. The summed E-state index contributed by atoms with van der Waals surface area (Å²) < 4.78 is 0. The second kappa shape index (κ2) is 20.9. The van der Waals surface area contributed by atoms with Crippen LogP contribution in [0.1, 0.15) is 174 Å². The van der Waals surface area contributed by atoms with Gasteiger partial charge in [-0.1, -0.05) is 186 Å². The molecule has 4 saturated carbocycles. The Morgan fingerprint density at radius 1 is 0.211 bits per heavy atom. The molecule has 0 amide bonds. The molecular formula is C74H74N2. The zero-order valence-corrected chi connectivity index (χ0v) is 44.7. The number of hydrogen-bond acceptors (Lipinski definition) is 2. The Labute approximate surface area is 451 Å². The summed E-state index contributed by atoms with van der Waals surface area (Å²) in [6.07, 6.45) is 26.8. The van der Waals surface area contributed by atoms with Gasteiger partial charge >= 0.3 is 0 Å². The van der Waals surface area contributed by atoms with Gasteiger partial charge in [-0.3, -0.25) is 0 Å². The first-order chi connectivity index (χ1) is 37.7. The summed E-state index contributed by atoms with van der Waals surface area (Å²) in [4.78, 5) is 5.04. The van der Waals surface area contributed by atoms with Crippen molar-refractivity contribution in [2.45, 2.75) is 152 Å². The molecule has 0 atom stereocenters. The molecule has 14 rings (SSSR count). The van der Waals surface area contributed by atoms with Crippen molar-refractivity contribution in [3.05, 3.63) is 204 Å². The summed E-state index contributed by atoms with van der Waals surface area (Å²) in [6.45, 7) is 0. The Bertz CT molecular complexity index is 3290. The van der Waals surface area contributed by atoms with Crippen LogP contribution in [0, 0.1) is 0 Å². The normalized spacial score (nSPS) is 17.5. The smallest absolute Gasteiger partial charge is 0.0468 e. The van der Waals surface area contributed by atoms with Crippen molar-refractivity contribution in [3.8, 4) is 0 Å². The molecule has 4 aliphatic carbocycles. The van der Waals surface area contributed by atoms with Crippen molar-refractivity contribution in [1.82, 2.24) is 0 Å². The van der Waals surface area contributed by atoms with Gasteiger partial charge in [-0.15, -0.1) is 0 Å². The first-order valence-electron chi connectivity index (χ1n) is 29.9. The molecule has 2 heteroatoms. The van der Waals surface area contributed by atoms with Crippen molar-refractivity contribution in [1.29, 1.82) is 0 Å². The number of benzene rings is 10. The maximum absolute atomic E-state index is 2.52. The molecular weight excluding hydrogens is 917 g/mol. The molecule has 2 nitrogen and oxygen atoms in total. The van der Waals surface area contributed by atoms with Crippen molar-refractivity contribution in [3.63, 3.8) is 0 Å². The Kier molecular flexibility index (Phi) is 13.1. The van der Waals surface area contributed by atoms with E-state index in [1.165, 1.54) is 239 Å². The lowest BCUT2D eigenvalue weighted by molar-refractivity contribution is 0.443. The molecule has 0 spiro atoms. The zero-order valence-electron chi connectivity index (χ0n) is 44.7. The molecule has 4 fully saturated rings. The highest BCUT2D eigenvalue weighted by Crippen LogP contribution is 2.49. The molecule has 0 N–H and O–H groups in total. The predicted molar refractivity (Wildman–Crippen MR) is 327 cm³/mol. The largest absolute Gasteiger partial charge is 0.310 e. The first kappa shape index (κ1) is 47.5. The molecule has 10 aromatic rings. The second-order valence-corrected chi connectivity index (χ2v) is 23.7. The van der Waals surface area contributed by atoms with Gasteiger partial charge in [0, 0.05) is 34.1 Å². The molecule has 0 saturated heterocycles. The van der Waals surface area contributed by atoms with Gasteiger partial charge in [0.15, 0.2) is 0 Å². The highest BCUT2D eigenvalue weighted by Gasteiger charge is 2.24. The SMILES string of the molecule is c1ccc2c(c1)c1cc(N(c3ccc(C4CCCCC4)cc3)c3ccc(C4CCCCC4)cc3)ccc1c1c3ccccc3c3cc(N(c4ccc(C5CCCCC5)cc4)c4ccc(C5CCCCC5)cc4)ccc3c21. The van der Waals surface area contributed by atoms with Crippen LogP contribution in [0.15, 0.2) is 182 Å². The fraction of sp³-hybridized carbons (Fsp3) is 0.324. The topological polar surface area (TPSA) is 6.48 Å². The van der Waals surface area contributed by atoms with Gasteiger partial charge in [0.25, 0.3) is 0 Å². The van der Waals surface area contributed by atoms with Crippen molar-refractivity contribution in [2.75, 3.05) is 9.80 Å². The minimum Gasteiger partial charge on any atom is -0.310 e. The zero-order chi connectivity index (χ0) is 50.4. The average Bonchev–Trinajstić information content (AvgIpc) is 3.57. The Balaban J connectivity index is 0.917. The van der Waals surface area contributed by atoms with Crippen LogP contribution in [0.4, 0.5) is 34.1 Å². The van der Waals surface area contributed by atoms with Gasteiger partial charge in [-0.25, -0.2) is 0 Å². The van der Waals surface area contributed by atoms with E-state index in [0.717, 1.165) is 0 Å². The molecule has 0 unspecified atom stereocenters. The maximum Gasteiger partial charge on any atom is 0.0468 e. The second-order valence-electron chi connectivity index (χ2n) is 23.7. The van der Waals surface area contributed by atoms with E-state index >= 15 is 0 Å². The van der Waals surface area contributed by atoms with E-state index in [1.807, 2.05) is 0 Å². The van der Waals surface area contributed by atoms with Crippen LogP contribution in [0.2, 0.25) is 0 Å². The molecule has 10 aromatic carbocycles. The van der Waals surface area contributed by atoms with E-state index in [1.54, 1.807) is 0 Å². The monoisotopic (exact) mass is 991 g/mol. The summed E-state index contributed by atoms with van der Waals surface area (Å²) in [5.41, 5.74) is 13.3. The third-order valence-electron chi connectivity index (χ3n) is 19.2. The van der Waals surface area contributed by atoms with Crippen LogP contribution in [0.5, 0.6) is 0 Å². The minimum atomic E-state index is 0.675. The molecule has 380 valence electrons. The molecule has 0 aliphatic heterocycles. The molecule has 4 aliphatic rings. The standard InChI is InChI=1S/C74H74N2/c1-5-17-51(18-6-1)55-29-37-59(38-30-55)75(60-39-31-56(32-40-60)52-19-7-2-8-20-52)63-45-47-69-71(49-63)65-25-13-15-27-67(65)74-70-48-46-64(50-72(70)66-26-14-16-28-68(66)73(69)74)76(61-41-33-57(34-42-61)53-21-9-3-10-22-53)62-43-35-58(36-44-62)54-23-11-4-12-24-54/h13-16,25-54H,1-12,17-24H2. The van der Waals surface area contributed by atoms with Crippen molar-refractivity contribution < 1.29 is 0 Å². The lowest BCUT2D eigenvalue weighted by Gasteiger charge is -2.29. The van der Waals surface area contributed by atoms with E-state index in [-0.39, 0.29) is 0 Å². The van der Waals surface area contributed by atoms with Gasteiger partial charge in [0.1, 0.15) is 0 Å².